The second kappa shape index (κ2) is 7.35. The number of ether oxygens (including phenoxy) is 2. The van der Waals surface area contributed by atoms with Gasteiger partial charge in [-0.2, -0.15) is 0 Å². The highest BCUT2D eigenvalue weighted by Crippen LogP contribution is 2.28. The van der Waals surface area contributed by atoms with Crippen LogP contribution in [0.5, 0.6) is 11.5 Å². The quantitative estimate of drug-likeness (QED) is 0.545. The number of fused-ring (bicyclic) bond motifs is 1. The lowest BCUT2D eigenvalue weighted by molar-refractivity contribution is 0.362. The predicted molar refractivity (Wildman–Crippen MR) is 104 cm³/mol. The van der Waals surface area contributed by atoms with E-state index >= 15 is 0 Å². The molecule has 3 rings (SSSR count). The van der Waals surface area contributed by atoms with Gasteiger partial charge in [0.05, 0.1) is 23.7 Å². The molecule has 2 N–H and O–H groups in total. The number of anilines is 1. The van der Waals surface area contributed by atoms with Crippen molar-refractivity contribution in [2.24, 2.45) is 0 Å². The number of allylic oxidation sites excluding steroid dienone is 1. The lowest BCUT2D eigenvalue weighted by Gasteiger charge is -2.08. The summed E-state index contributed by atoms with van der Waals surface area (Å²) < 4.78 is 16.5. The van der Waals surface area contributed by atoms with Crippen molar-refractivity contribution < 1.29 is 13.9 Å². The van der Waals surface area contributed by atoms with Crippen LogP contribution in [0.25, 0.3) is 22.1 Å². The minimum absolute atomic E-state index is 0.119. The Morgan fingerprint density at radius 2 is 2.00 bits per heavy atom. The van der Waals surface area contributed by atoms with E-state index < -0.39 is 0 Å². The predicted octanol–water partition coefficient (Wildman–Crippen LogP) is 4.40. The number of nitrogens with two attached hydrogens (primary N) is 1. The zero-order chi connectivity index (χ0) is 18.7. The Balaban J connectivity index is 1.97. The molecule has 1 aromatic heterocycles. The van der Waals surface area contributed by atoms with Gasteiger partial charge in [-0.05, 0) is 49.8 Å². The van der Waals surface area contributed by atoms with Crippen LogP contribution in [0.4, 0.5) is 5.69 Å². The molecular weight excluding hydrogens is 330 g/mol. The van der Waals surface area contributed by atoms with E-state index in [2.05, 4.69) is 0 Å². The largest absolute Gasteiger partial charge is 0.495 e. The zero-order valence-corrected chi connectivity index (χ0v) is 15.0. The van der Waals surface area contributed by atoms with Crippen molar-refractivity contribution in [3.05, 3.63) is 64.5 Å². The van der Waals surface area contributed by atoms with E-state index in [1.54, 1.807) is 43.5 Å². The van der Waals surface area contributed by atoms with Crippen LogP contribution in [-0.2, 0) is 0 Å². The molecule has 134 valence electrons. The van der Waals surface area contributed by atoms with Gasteiger partial charge < -0.3 is 19.6 Å². The van der Waals surface area contributed by atoms with E-state index in [0.29, 0.717) is 45.9 Å². The Morgan fingerprint density at radius 3 is 2.69 bits per heavy atom. The first-order valence-electron chi connectivity index (χ1n) is 8.25. The number of hydrogen-bond donors (Lipinski definition) is 1. The lowest BCUT2D eigenvalue weighted by atomic mass is 10.0. The topological polar surface area (TPSA) is 74.7 Å². The first kappa shape index (κ1) is 17.6. The zero-order valence-electron chi connectivity index (χ0n) is 15.0. The smallest absolute Gasteiger partial charge is 0.200 e. The normalized spacial score (nSPS) is 10.6. The molecule has 0 amide bonds. The van der Waals surface area contributed by atoms with Gasteiger partial charge in [-0.25, -0.2) is 0 Å². The summed E-state index contributed by atoms with van der Waals surface area (Å²) >= 11 is 0. The molecule has 0 unspecified atom stereocenters. The van der Waals surface area contributed by atoms with Crippen molar-refractivity contribution >= 4 is 16.7 Å². The lowest BCUT2D eigenvalue weighted by Crippen LogP contribution is -2.05. The Bertz CT molecular complexity index is 1030. The highest BCUT2D eigenvalue weighted by atomic mass is 16.5. The minimum Gasteiger partial charge on any atom is -0.495 e. The van der Waals surface area contributed by atoms with Gasteiger partial charge >= 0.3 is 0 Å². The molecule has 5 nitrogen and oxygen atoms in total. The van der Waals surface area contributed by atoms with Crippen molar-refractivity contribution in [1.29, 1.82) is 0 Å². The van der Waals surface area contributed by atoms with E-state index in [-0.39, 0.29) is 5.43 Å². The van der Waals surface area contributed by atoms with Crippen LogP contribution < -0.4 is 20.6 Å². The fraction of sp³-hybridized carbons (Fsp3) is 0.190. The number of nitrogen functional groups attached to an aromatic ring is 1. The molecule has 0 fully saturated rings. The van der Waals surface area contributed by atoms with Gasteiger partial charge in [-0.3, -0.25) is 4.79 Å². The third-order valence-corrected chi connectivity index (χ3v) is 4.03. The van der Waals surface area contributed by atoms with Crippen LogP contribution in [0.3, 0.4) is 0 Å². The standard InChI is InChI=1S/C21H21NO4/c1-13(2)8-9-25-15-5-6-16-20(11-15)26-12-17(21(16)23)14-4-7-19(24-3)18(22)10-14/h4-8,10-12H,9,22H2,1-3H3. The molecule has 0 saturated heterocycles. The SMILES string of the molecule is COc1ccc(-c2coc3cc(OCC=C(C)C)ccc3c2=O)cc1N. The first-order valence-corrected chi connectivity index (χ1v) is 8.25. The number of methoxy groups -OCH3 is 1. The molecule has 0 saturated carbocycles. The van der Waals surface area contributed by atoms with Crippen LogP contribution in [0, 0.1) is 0 Å². The third kappa shape index (κ3) is 3.57. The van der Waals surface area contributed by atoms with Gasteiger partial charge in [-0.15, -0.1) is 0 Å². The molecule has 5 heteroatoms. The molecule has 2 aromatic carbocycles. The summed E-state index contributed by atoms with van der Waals surface area (Å²) in [7, 11) is 1.55. The maximum atomic E-state index is 12.8. The fourth-order valence-electron chi connectivity index (χ4n) is 2.60. The van der Waals surface area contributed by atoms with E-state index in [0.717, 1.165) is 0 Å². The van der Waals surface area contributed by atoms with Crippen molar-refractivity contribution in [3.8, 4) is 22.6 Å². The summed E-state index contributed by atoms with van der Waals surface area (Å²) in [5.74, 6) is 1.22. The number of hydrogen-bond acceptors (Lipinski definition) is 5. The Kier molecular flexibility index (Phi) is 4.98. The summed E-state index contributed by atoms with van der Waals surface area (Å²) in [5.41, 5.74) is 9.08. The molecular formula is C21H21NO4. The van der Waals surface area contributed by atoms with E-state index in [9.17, 15) is 4.79 Å². The summed E-state index contributed by atoms with van der Waals surface area (Å²) in [6.07, 6.45) is 3.43. The second-order valence-corrected chi connectivity index (χ2v) is 6.19. The first-order chi connectivity index (χ1) is 12.5. The van der Waals surface area contributed by atoms with Gasteiger partial charge in [0.1, 0.15) is 30.0 Å². The van der Waals surface area contributed by atoms with Crippen LogP contribution >= 0.6 is 0 Å². The fourth-order valence-corrected chi connectivity index (χ4v) is 2.60. The summed E-state index contributed by atoms with van der Waals surface area (Å²) in [5, 5.41) is 0.492. The number of rotatable bonds is 5. The van der Waals surface area contributed by atoms with Crippen molar-refractivity contribution in [2.45, 2.75) is 13.8 Å². The molecule has 0 atom stereocenters. The van der Waals surface area contributed by atoms with Crippen LogP contribution in [0.15, 0.2) is 63.5 Å². The Hall–Kier alpha value is -3.21. The Labute approximate surface area is 151 Å². The molecule has 0 aliphatic heterocycles. The van der Waals surface area contributed by atoms with E-state index in [1.807, 2.05) is 19.9 Å². The van der Waals surface area contributed by atoms with Gasteiger partial charge in [0, 0.05) is 6.07 Å². The maximum absolute atomic E-state index is 12.8. The molecule has 0 bridgehead atoms. The van der Waals surface area contributed by atoms with Crippen molar-refractivity contribution in [2.75, 3.05) is 19.5 Å². The average molecular weight is 351 g/mol. The molecule has 0 aliphatic carbocycles. The van der Waals surface area contributed by atoms with Crippen molar-refractivity contribution in [1.82, 2.24) is 0 Å². The highest BCUT2D eigenvalue weighted by molar-refractivity contribution is 5.83. The van der Waals surface area contributed by atoms with Crippen LogP contribution in [0.2, 0.25) is 0 Å². The van der Waals surface area contributed by atoms with Gasteiger partial charge in [-0.1, -0.05) is 11.6 Å². The molecule has 3 aromatic rings. The number of benzene rings is 2. The highest BCUT2D eigenvalue weighted by Gasteiger charge is 2.11. The van der Waals surface area contributed by atoms with E-state index in [4.69, 9.17) is 19.6 Å². The van der Waals surface area contributed by atoms with Gasteiger partial charge in [0.2, 0.25) is 0 Å². The molecule has 0 spiro atoms. The molecule has 1 heterocycles. The van der Waals surface area contributed by atoms with Crippen molar-refractivity contribution in [3.63, 3.8) is 0 Å². The summed E-state index contributed by atoms with van der Waals surface area (Å²) in [6, 6.07) is 10.4. The third-order valence-electron chi connectivity index (χ3n) is 4.03. The summed E-state index contributed by atoms with van der Waals surface area (Å²) in [4.78, 5) is 12.8. The van der Waals surface area contributed by atoms with Gasteiger partial charge in [0.25, 0.3) is 0 Å². The Morgan fingerprint density at radius 1 is 1.19 bits per heavy atom. The summed E-state index contributed by atoms with van der Waals surface area (Å²) in [6.45, 7) is 4.49. The monoisotopic (exact) mass is 351 g/mol. The molecule has 0 aliphatic rings. The van der Waals surface area contributed by atoms with Crippen LogP contribution in [0.1, 0.15) is 13.8 Å². The minimum atomic E-state index is -0.119. The molecule has 26 heavy (non-hydrogen) atoms. The van der Waals surface area contributed by atoms with Gasteiger partial charge in [0.15, 0.2) is 5.43 Å². The second-order valence-electron chi connectivity index (χ2n) is 6.19. The maximum Gasteiger partial charge on any atom is 0.200 e. The molecule has 0 radical (unpaired) electrons. The average Bonchev–Trinajstić information content (AvgIpc) is 2.61. The van der Waals surface area contributed by atoms with Crippen LogP contribution in [-0.4, -0.2) is 13.7 Å². The van der Waals surface area contributed by atoms with E-state index in [1.165, 1.54) is 11.8 Å².